The van der Waals surface area contributed by atoms with Crippen LogP contribution < -0.4 is 39.2 Å². The summed E-state index contributed by atoms with van der Waals surface area (Å²) in [6.07, 6.45) is 3.64. The third-order valence-electron chi connectivity index (χ3n) is 5.22. The first-order valence-electron chi connectivity index (χ1n) is 10.1. The zero-order chi connectivity index (χ0) is 25.8. The van der Waals surface area contributed by atoms with Crippen molar-refractivity contribution < 1.29 is 71.8 Å². The summed E-state index contributed by atoms with van der Waals surface area (Å²) in [6, 6.07) is 2.61. The van der Waals surface area contributed by atoms with Gasteiger partial charge in [0.25, 0.3) is 6.33 Å². The van der Waals surface area contributed by atoms with Crippen LogP contribution in [0.3, 0.4) is 0 Å². The molecule has 0 fully saturated rings. The van der Waals surface area contributed by atoms with Crippen LogP contribution >= 0.6 is 11.8 Å². The summed E-state index contributed by atoms with van der Waals surface area (Å²) >= 11 is 0.404. The minimum atomic E-state index is -2.15. The Morgan fingerprint density at radius 1 is 1.28 bits per heavy atom. The third kappa shape index (κ3) is 7.03. The molecule has 1 unspecified atom stereocenters. The maximum absolute atomic E-state index is 14.8. The van der Waals surface area contributed by atoms with Crippen molar-refractivity contribution in [2.24, 2.45) is 0 Å². The molecule has 0 amide bonds. The number of thioether (sulfide) groups is 1. The van der Waals surface area contributed by atoms with Crippen LogP contribution in [-0.4, -0.2) is 41.9 Å². The Hall–Kier alpha value is -2.52. The van der Waals surface area contributed by atoms with E-state index in [1.807, 2.05) is 0 Å². The number of carboxylic acids is 1. The van der Waals surface area contributed by atoms with Gasteiger partial charge in [-0.1, -0.05) is 13.0 Å². The van der Waals surface area contributed by atoms with Gasteiger partial charge in [-0.25, -0.2) is 27.9 Å². The Kier molecular flexibility index (Phi) is 10.4. The molecule has 3 aromatic rings. The first kappa shape index (κ1) is 29.7. The van der Waals surface area contributed by atoms with E-state index in [-0.39, 0.29) is 40.8 Å². The van der Waals surface area contributed by atoms with E-state index in [4.69, 9.17) is 4.74 Å². The molecule has 186 valence electrons. The van der Waals surface area contributed by atoms with Gasteiger partial charge in [-0.05, 0) is 17.8 Å². The second kappa shape index (κ2) is 12.6. The fourth-order valence-electron chi connectivity index (χ4n) is 3.37. The zero-order valence-electron chi connectivity index (χ0n) is 19.5. The number of ether oxygens (including phenoxy) is 1. The molecule has 0 aliphatic rings. The monoisotopic (exact) mass is 534 g/mol. The fourth-order valence-corrected chi connectivity index (χ4v) is 3.81. The molecule has 0 saturated carbocycles. The Balaban J connectivity index is 0.00000456. The molecule has 3 atom stereocenters. The molecule has 2 aromatic heterocycles. The number of carbonyl (C=O) groups is 2. The van der Waals surface area contributed by atoms with Crippen molar-refractivity contribution in [1.29, 1.82) is 0 Å². The van der Waals surface area contributed by atoms with Gasteiger partial charge in [0.15, 0.2) is 5.82 Å². The van der Waals surface area contributed by atoms with Crippen LogP contribution in [0.2, 0.25) is 0 Å². The van der Waals surface area contributed by atoms with E-state index in [9.17, 15) is 33.0 Å². The quantitative estimate of drug-likeness (QED) is 0.192. The van der Waals surface area contributed by atoms with E-state index >= 15 is 0 Å². The van der Waals surface area contributed by atoms with Crippen LogP contribution in [-0.2, 0) is 21.7 Å². The Bertz CT molecular complexity index is 1240. The second-order valence-electron chi connectivity index (χ2n) is 7.55. The summed E-state index contributed by atoms with van der Waals surface area (Å²) in [7, 11) is 0. The van der Waals surface area contributed by atoms with Crippen molar-refractivity contribution >= 4 is 23.0 Å². The SMILES string of the molecule is CC(OC(=O)SCC(=O)[O-])[n+]1cnn(C[C@](O)(c2ccc(F)cc2F)[C@@H](C)c2ncncc2F)c1.[Na+]. The Morgan fingerprint density at radius 3 is 2.64 bits per heavy atom. The number of benzene rings is 1. The van der Waals surface area contributed by atoms with Crippen molar-refractivity contribution in [3.05, 3.63) is 72.1 Å². The number of aliphatic carboxylic acids is 1. The molecule has 0 radical (unpaired) electrons. The second-order valence-corrected chi connectivity index (χ2v) is 8.46. The zero-order valence-corrected chi connectivity index (χ0v) is 22.3. The standard InChI is InChI=1S/C21H20F3N5O5S.Na/c1-12(19-17(24)6-25-9-26-19)21(33,15-4-3-14(22)5-16(15)23)8-29-11-28(10-27-29)13(2)34-20(32)35-7-18(30)31;/h3-6,9-13,33H,7-8H2,1-2H3;/q;+1/t12-,13?,21+;/m0./s1. The molecule has 3 rings (SSSR count). The van der Waals surface area contributed by atoms with Gasteiger partial charge in [-0.15, -0.1) is 4.68 Å². The van der Waals surface area contributed by atoms with Gasteiger partial charge in [0, 0.05) is 35.3 Å². The molecular weight excluding hydrogens is 514 g/mol. The summed E-state index contributed by atoms with van der Waals surface area (Å²) in [4.78, 5) is 29.7. The van der Waals surface area contributed by atoms with Gasteiger partial charge in [0.2, 0.25) is 12.6 Å². The molecule has 0 aliphatic carbocycles. The number of carbonyl (C=O) groups excluding carboxylic acids is 2. The summed E-state index contributed by atoms with van der Waals surface area (Å²) < 4.78 is 50.3. The van der Waals surface area contributed by atoms with Crippen LogP contribution in [0.4, 0.5) is 18.0 Å². The molecule has 2 heterocycles. The predicted molar refractivity (Wildman–Crippen MR) is 112 cm³/mol. The first-order valence-corrected chi connectivity index (χ1v) is 11.1. The predicted octanol–water partition coefficient (Wildman–Crippen LogP) is -1.79. The van der Waals surface area contributed by atoms with Gasteiger partial charge >= 0.3 is 34.9 Å². The van der Waals surface area contributed by atoms with Crippen molar-refractivity contribution in [1.82, 2.24) is 19.7 Å². The molecule has 0 saturated heterocycles. The van der Waals surface area contributed by atoms with Gasteiger partial charge < -0.3 is 19.7 Å². The number of nitrogens with zero attached hydrogens (tertiary/aromatic N) is 5. The molecule has 0 aliphatic heterocycles. The molecule has 0 bridgehead atoms. The average molecular weight is 534 g/mol. The number of aromatic nitrogens is 5. The van der Waals surface area contributed by atoms with E-state index < -0.39 is 58.8 Å². The molecule has 1 aromatic carbocycles. The van der Waals surface area contributed by atoms with Crippen molar-refractivity contribution in [3.8, 4) is 0 Å². The smallest absolute Gasteiger partial charge is 0.549 e. The van der Waals surface area contributed by atoms with Gasteiger partial charge in [-0.2, -0.15) is 4.57 Å². The topological polar surface area (TPSA) is 134 Å². The molecule has 15 heteroatoms. The normalized spacial score (nSPS) is 14.3. The molecule has 36 heavy (non-hydrogen) atoms. The minimum absolute atomic E-state index is 0. The molecule has 10 nitrogen and oxygen atoms in total. The summed E-state index contributed by atoms with van der Waals surface area (Å²) in [6.45, 7) is 2.48. The number of hydrogen-bond donors (Lipinski definition) is 1. The van der Waals surface area contributed by atoms with E-state index in [0.29, 0.717) is 17.8 Å². The van der Waals surface area contributed by atoms with Crippen LogP contribution in [0, 0.1) is 17.5 Å². The molecule has 1 N–H and O–H groups in total. The van der Waals surface area contributed by atoms with Crippen molar-refractivity contribution in [2.75, 3.05) is 5.75 Å². The van der Waals surface area contributed by atoms with E-state index in [1.165, 1.54) is 35.8 Å². The maximum atomic E-state index is 14.8. The van der Waals surface area contributed by atoms with E-state index in [2.05, 4.69) is 15.1 Å². The van der Waals surface area contributed by atoms with Crippen LogP contribution in [0.1, 0.15) is 37.3 Å². The minimum Gasteiger partial charge on any atom is -0.549 e. The maximum Gasteiger partial charge on any atom is 1.00 e. The summed E-state index contributed by atoms with van der Waals surface area (Å²) in [5.41, 5.74) is -2.66. The van der Waals surface area contributed by atoms with Crippen LogP contribution in [0.5, 0.6) is 0 Å². The first-order chi connectivity index (χ1) is 16.5. The van der Waals surface area contributed by atoms with E-state index in [0.717, 1.165) is 24.7 Å². The van der Waals surface area contributed by atoms with Crippen LogP contribution in [0.15, 0.2) is 43.4 Å². The van der Waals surface area contributed by atoms with Crippen LogP contribution in [0.25, 0.3) is 0 Å². The fraction of sp³-hybridized carbons (Fsp3) is 0.333. The average Bonchev–Trinajstić information content (AvgIpc) is 3.25. The van der Waals surface area contributed by atoms with E-state index in [1.54, 1.807) is 0 Å². The largest absolute Gasteiger partial charge is 1.00 e. The number of carboxylic acid groups (broad SMARTS) is 1. The Morgan fingerprint density at radius 2 is 2.00 bits per heavy atom. The van der Waals surface area contributed by atoms with Gasteiger partial charge in [-0.3, -0.25) is 0 Å². The summed E-state index contributed by atoms with van der Waals surface area (Å²) in [5.74, 6) is -5.89. The number of aliphatic hydroxyl groups is 1. The third-order valence-corrected chi connectivity index (χ3v) is 5.93. The molecular formula is C21H20F3N5NaO5S+. The number of rotatable bonds is 9. The van der Waals surface area contributed by atoms with Gasteiger partial charge in [0.1, 0.15) is 30.1 Å². The number of halogens is 3. The van der Waals surface area contributed by atoms with Crippen molar-refractivity contribution in [2.45, 2.75) is 38.1 Å². The summed E-state index contributed by atoms with van der Waals surface area (Å²) in [5, 5.41) is 25.3. The van der Waals surface area contributed by atoms with Crippen molar-refractivity contribution in [3.63, 3.8) is 0 Å². The number of hydrogen-bond acceptors (Lipinski definition) is 9. The molecule has 0 spiro atoms. The van der Waals surface area contributed by atoms with Gasteiger partial charge in [0.05, 0.1) is 17.9 Å². The Labute approximate surface area is 229 Å².